The second kappa shape index (κ2) is 6.00. The number of nitrogen functional groups attached to an aromatic ring is 1. The second-order valence-corrected chi connectivity index (χ2v) is 5.41. The van der Waals surface area contributed by atoms with Gasteiger partial charge in [-0.3, -0.25) is 4.79 Å². The van der Waals surface area contributed by atoms with Crippen molar-refractivity contribution in [3.8, 4) is 0 Å². The van der Waals surface area contributed by atoms with Crippen LogP contribution in [0.4, 0.5) is 11.4 Å². The number of anilines is 2. The third kappa shape index (κ3) is 3.07. The summed E-state index contributed by atoms with van der Waals surface area (Å²) < 4.78 is 0. The van der Waals surface area contributed by atoms with Crippen LogP contribution in [-0.4, -0.2) is 12.5 Å². The van der Waals surface area contributed by atoms with Crippen LogP contribution in [0.1, 0.15) is 34.0 Å². The molecule has 2 rings (SSSR count). The standard InChI is InChI=1S/C18H22N2O/c1-5-20(15-8-6-7-12(2)9-15)18(21)16-11-17(19)14(4)10-13(16)3/h6-11H,5,19H2,1-4H3. The van der Waals surface area contributed by atoms with E-state index in [1.807, 2.05) is 58.0 Å². The quantitative estimate of drug-likeness (QED) is 0.869. The van der Waals surface area contributed by atoms with Gasteiger partial charge in [0.15, 0.2) is 0 Å². The van der Waals surface area contributed by atoms with E-state index in [2.05, 4.69) is 0 Å². The van der Waals surface area contributed by atoms with Gasteiger partial charge in [0.05, 0.1) is 0 Å². The van der Waals surface area contributed by atoms with Crippen molar-refractivity contribution in [2.45, 2.75) is 27.7 Å². The molecule has 0 aliphatic rings. The number of hydrogen-bond acceptors (Lipinski definition) is 2. The van der Waals surface area contributed by atoms with E-state index in [-0.39, 0.29) is 5.91 Å². The fourth-order valence-electron chi connectivity index (χ4n) is 2.48. The Kier molecular flexibility index (Phi) is 4.32. The van der Waals surface area contributed by atoms with Crippen LogP contribution in [0.5, 0.6) is 0 Å². The van der Waals surface area contributed by atoms with E-state index in [1.54, 1.807) is 11.0 Å². The molecule has 0 aliphatic carbocycles. The molecule has 0 saturated heterocycles. The van der Waals surface area contributed by atoms with Crippen molar-refractivity contribution in [2.24, 2.45) is 0 Å². The Labute approximate surface area is 126 Å². The lowest BCUT2D eigenvalue weighted by atomic mass is 10.0. The maximum Gasteiger partial charge on any atom is 0.258 e. The SMILES string of the molecule is CCN(C(=O)c1cc(N)c(C)cc1C)c1cccc(C)c1. The Morgan fingerprint density at radius 3 is 2.43 bits per heavy atom. The van der Waals surface area contributed by atoms with Gasteiger partial charge in [-0.25, -0.2) is 0 Å². The van der Waals surface area contributed by atoms with E-state index in [9.17, 15) is 4.79 Å². The number of amides is 1. The lowest BCUT2D eigenvalue weighted by Gasteiger charge is -2.23. The van der Waals surface area contributed by atoms with Gasteiger partial charge < -0.3 is 10.6 Å². The van der Waals surface area contributed by atoms with E-state index in [0.717, 1.165) is 22.4 Å². The van der Waals surface area contributed by atoms with E-state index in [0.29, 0.717) is 17.8 Å². The van der Waals surface area contributed by atoms with Crippen molar-refractivity contribution >= 4 is 17.3 Å². The smallest absolute Gasteiger partial charge is 0.258 e. The van der Waals surface area contributed by atoms with Gasteiger partial charge in [0.25, 0.3) is 5.91 Å². The predicted molar refractivity (Wildman–Crippen MR) is 88.9 cm³/mol. The third-order valence-corrected chi connectivity index (χ3v) is 3.72. The van der Waals surface area contributed by atoms with Crippen LogP contribution < -0.4 is 10.6 Å². The van der Waals surface area contributed by atoms with Crippen molar-refractivity contribution in [1.29, 1.82) is 0 Å². The third-order valence-electron chi connectivity index (χ3n) is 3.72. The molecule has 1 amide bonds. The number of rotatable bonds is 3. The summed E-state index contributed by atoms with van der Waals surface area (Å²) in [5, 5.41) is 0. The fraction of sp³-hybridized carbons (Fsp3) is 0.278. The largest absolute Gasteiger partial charge is 0.398 e. The number of carbonyl (C=O) groups excluding carboxylic acids is 1. The summed E-state index contributed by atoms with van der Waals surface area (Å²) in [6.45, 7) is 8.53. The molecule has 3 nitrogen and oxygen atoms in total. The molecule has 21 heavy (non-hydrogen) atoms. The van der Waals surface area contributed by atoms with Crippen molar-refractivity contribution in [3.63, 3.8) is 0 Å². The second-order valence-electron chi connectivity index (χ2n) is 5.41. The van der Waals surface area contributed by atoms with E-state index in [4.69, 9.17) is 5.73 Å². The highest BCUT2D eigenvalue weighted by Gasteiger charge is 2.18. The molecular formula is C18H22N2O. The van der Waals surface area contributed by atoms with Gasteiger partial charge in [-0.1, -0.05) is 18.2 Å². The average molecular weight is 282 g/mol. The summed E-state index contributed by atoms with van der Waals surface area (Å²) in [7, 11) is 0. The van der Waals surface area contributed by atoms with Crippen molar-refractivity contribution in [1.82, 2.24) is 0 Å². The van der Waals surface area contributed by atoms with Crippen molar-refractivity contribution < 1.29 is 4.79 Å². The minimum absolute atomic E-state index is 0.00713. The molecule has 0 spiro atoms. The number of nitrogens with zero attached hydrogens (tertiary/aromatic N) is 1. The molecule has 0 radical (unpaired) electrons. The molecular weight excluding hydrogens is 260 g/mol. The molecule has 2 aromatic carbocycles. The lowest BCUT2D eigenvalue weighted by Crippen LogP contribution is -2.31. The first-order valence-corrected chi connectivity index (χ1v) is 7.19. The Hall–Kier alpha value is -2.29. The molecule has 2 aromatic rings. The van der Waals surface area contributed by atoms with Gasteiger partial charge in [-0.05, 0) is 62.6 Å². The summed E-state index contributed by atoms with van der Waals surface area (Å²) >= 11 is 0. The first-order valence-electron chi connectivity index (χ1n) is 7.19. The Morgan fingerprint density at radius 1 is 1.10 bits per heavy atom. The highest BCUT2D eigenvalue weighted by Crippen LogP contribution is 2.23. The molecule has 3 heteroatoms. The minimum Gasteiger partial charge on any atom is -0.398 e. The van der Waals surface area contributed by atoms with Crippen LogP contribution in [0.3, 0.4) is 0 Å². The molecule has 0 heterocycles. The Balaban J connectivity index is 2.44. The van der Waals surface area contributed by atoms with Crippen molar-refractivity contribution in [3.05, 3.63) is 58.7 Å². The van der Waals surface area contributed by atoms with Gasteiger partial charge >= 0.3 is 0 Å². The first-order chi connectivity index (χ1) is 9.93. The molecule has 0 atom stereocenters. The molecule has 110 valence electrons. The highest BCUT2D eigenvalue weighted by molar-refractivity contribution is 6.07. The Morgan fingerprint density at radius 2 is 1.81 bits per heavy atom. The molecule has 0 saturated carbocycles. The molecule has 2 N–H and O–H groups in total. The van der Waals surface area contributed by atoms with Crippen LogP contribution >= 0.6 is 0 Å². The lowest BCUT2D eigenvalue weighted by molar-refractivity contribution is 0.0988. The maximum atomic E-state index is 12.8. The van der Waals surface area contributed by atoms with Crippen LogP contribution in [0.25, 0.3) is 0 Å². The van der Waals surface area contributed by atoms with Gasteiger partial charge in [-0.2, -0.15) is 0 Å². The van der Waals surface area contributed by atoms with E-state index >= 15 is 0 Å². The zero-order valence-corrected chi connectivity index (χ0v) is 13.1. The molecule has 0 fully saturated rings. The number of hydrogen-bond donors (Lipinski definition) is 1. The summed E-state index contributed by atoms with van der Waals surface area (Å²) in [5.41, 5.74) is 11.3. The van der Waals surface area contributed by atoms with Crippen LogP contribution in [-0.2, 0) is 0 Å². The summed E-state index contributed by atoms with van der Waals surface area (Å²) in [6, 6.07) is 11.7. The van der Waals surface area contributed by atoms with Gasteiger partial charge in [0, 0.05) is 23.5 Å². The molecule has 0 bridgehead atoms. The normalized spacial score (nSPS) is 10.5. The number of carbonyl (C=O) groups is 1. The number of aryl methyl sites for hydroxylation is 3. The summed E-state index contributed by atoms with van der Waals surface area (Å²) in [6.07, 6.45) is 0. The van der Waals surface area contributed by atoms with E-state index < -0.39 is 0 Å². The topological polar surface area (TPSA) is 46.3 Å². The fourth-order valence-corrected chi connectivity index (χ4v) is 2.48. The van der Waals surface area contributed by atoms with E-state index in [1.165, 1.54) is 0 Å². The summed E-state index contributed by atoms with van der Waals surface area (Å²) in [4.78, 5) is 14.6. The predicted octanol–water partition coefficient (Wildman–Crippen LogP) is 3.86. The molecule has 0 aliphatic heterocycles. The van der Waals surface area contributed by atoms with Crippen molar-refractivity contribution in [2.75, 3.05) is 17.2 Å². The van der Waals surface area contributed by atoms with Crippen LogP contribution in [0.2, 0.25) is 0 Å². The summed E-state index contributed by atoms with van der Waals surface area (Å²) in [5.74, 6) is -0.00713. The average Bonchev–Trinajstić information content (AvgIpc) is 2.43. The maximum absolute atomic E-state index is 12.8. The number of nitrogens with two attached hydrogens (primary N) is 1. The van der Waals surface area contributed by atoms with Gasteiger partial charge in [-0.15, -0.1) is 0 Å². The molecule has 0 unspecified atom stereocenters. The zero-order valence-electron chi connectivity index (χ0n) is 13.1. The minimum atomic E-state index is -0.00713. The first kappa shape index (κ1) is 15.1. The highest BCUT2D eigenvalue weighted by atomic mass is 16.2. The number of benzene rings is 2. The van der Waals surface area contributed by atoms with Crippen LogP contribution in [0.15, 0.2) is 36.4 Å². The zero-order chi connectivity index (χ0) is 15.6. The van der Waals surface area contributed by atoms with Gasteiger partial charge in [0.1, 0.15) is 0 Å². The monoisotopic (exact) mass is 282 g/mol. The Bertz CT molecular complexity index is 677. The van der Waals surface area contributed by atoms with Gasteiger partial charge in [0.2, 0.25) is 0 Å². The molecule has 0 aromatic heterocycles. The van der Waals surface area contributed by atoms with Crippen LogP contribution in [0, 0.1) is 20.8 Å².